The highest BCUT2D eigenvalue weighted by molar-refractivity contribution is 5.79. The van der Waals surface area contributed by atoms with E-state index in [0.717, 1.165) is 65.7 Å². The van der Waals surface area contributed by atoms with Crippen molar-refractivity contribution in [1.29, 1.82) is 5.26 Å². The summed E-state index contributed by atoms with van der Waals surface area (Å²) in [6.45, 7) is 7.04. The first-order valence-electron chi connectivity index (χ1n) is 14.4. The van der Waals surface area contributed by atoms with Crippen LogP contribution in [0.25, 0.3) is 10.9 Å². The van der Waals surface area contributed by atoms with Gasteiger partial charge in [0.15, 0.2) is 12.7 Å². The second-order valence-electron chi connectivity index (χ2n) is 11.9. The number of aliphatic hydroxyl groups excluding tert-OH is 1. The minimum absolute atomic E-state index is 0.0409. The summed E-state index contributed by atoms with van der Waals surface area (Å²) in [5.41, 5.74) is 3.55. The maximum Gasteiger partial charge on any atom is 0.416 e. The normalized spacial score (nSPS) is 24.3. The standard InChI is InChI=1S/C35H34F3N3O/c1-2-25-22-41(23-28-8-4-3-7-27(28)20-39)18-16-26(25)19-33(41)34(42)31-15-17-40(32-10-6-5-9-30(31)32)21-24-11-13-29(14-12-24)35(36,37)38/h2-15,17,25-26,33-34,42H,1,16,18-19,21-23H2/q+2/t25-,26+,33+,34-,41+/m1/s1. The zero-order valence-electron chi connectivity index (χ0n) is 23.3. The third-order valence-corrected chi connectivity index (χ3v) is 9.57. The molecule has 1 aromatic heterocycles. The first-order chi connectivity index (χ1) is 20.2. The number of hydrogen-bond acceptors (Lipinski definition) is 2. The predicted molar refractivity (Wildman–Crippen MR) is 155 cm³/mol. The maximum absolute atomic E-state index is 13.1. The van der Waals surface area contributed by atoms with Crippen LogP contribution >= 0.6 is 0 Å². The summed E-state index contributed by atoms with van der Waals surface area (Å²) in [7, 11) is 0. The lowest BCUT2D eigenvalue weighted by Gasteiger charge is -2.58. The largest absolute Gasteiger partial charge is 0.416 e. The van der Waals surface area contributed by atoms with E-state index in [-0.39, 0.29) is 6.04 Å². The van der Waals surface area contributed by atoms with Gasteiger partial charge in [-0.2, -0.15) is 23.0 Å². The minimum atomic E-state index is -4.37. The predicted octanol–water partition coefficient (Wildman–Crippen LogP) is 6.71. The number of rotatable bonds is 7. The Morgan fingerprint density at radius 3 is 2.52 bits per heavy atom. The molecule has 4 heterocycles. The van der Waals surface area contributed by atoms with Crippen molar-refractivity contribution < 1.29 is 27.3 Å². The van der Waals surface area contributed by atoms with Crippen LogP contribution in [0, 0.1) is 23.2 Å². The SMILES string of the molecule is C=C[C@@H]1C[N@+]2(Cc3ccccc3C#N)CC[C@H]1C[C@H]2[C@H](O)c1cc[n+](Cc2ccc(C(F)(F)F)cc2)c2ccccc12. The number of halogens is 3. The summed E-state index contributed by atoms with van der Waals surface area (Å²) in [6, 6.07) is 25.2. The zero-order valence-corrected chi connectivity index (χ0v) is 23.3. The molecule has 0 amide bonds. The van der Waals surface area contributed by atoms with Crippen LogP contribution < -0.4 is 4.57 Å². The Bertz CT molecular complexity index is 1660. The first kappa shape index (κ1) is 28.1. The molecule has 0 radical (unpaired) electrons. The van der Waals surface area contributed by atoms with E-state index in [1.54, 1.807) is 0 Å². The van der Waals surface area contributed by atoms with Gasteiger partial charge >= 0.3 is 6.18 Å². The average molecular weight is 570 g/mol. The van der Waals surface area contributed by atoms with Crippen LogP contribution in [-0.4, -0.2) is 28.7 Å². The monoisotopic (exact) mass is 569 g/mol. The maximum atomic E-state index is 13.1. The molecule has 2 bridgehead atoms. The van der Waals surface area contributed by atoms with Crippen molar-refractivity contribution in [1.82, 2.24) is 0 Å². The van der Waals surface area contributed by atoms with Crippen LogP contribution in [0.3, 0.4) is 0 Å². The van der Waals surface area contributed by atoms with E-state index >= 15 is 0 Å². The van der Waals surface area contributed by atoms with E-state index in [0.29, 0.717) is 35.0 Å². The number of nitriles is 1. The van der Waals surface area contributed by atoms with Crippen LogP contribution in [0.5, 0.6) is 0 Å². The van der Waals surface area contributed by atoms with Gasteiger partial charge in [0.1, 0.15) is 18.7 Å². The van der Waals surface area contributed by atoms with Gasteiger partial charge in [-0.3, -0.25) is 0 Å². The van der Waals surface area contributed by atoms with Crippen molar-refractivity contribution in [3.05, 3.63) is 126 Å². The molecule has 4 nitrogen and oxygen atoms in total. The summed E-state index contributed by atoms with van der Waals surface area (Å²) in [6.07, 6.45) is 0.846. The quantitative estimate of drug-likeness (QED) is 0.153. The average Bonchev–Trinajstić information content (AvgIpc) is 3.01. The van der Waals surface area contributed by atoms with Crippen molar-refractivity contribution in [2.24, 2.45) is 11.8 Å². The number of hydrogen-bond donors (Lipinski definition) is 1. The van der Waals surface area contributed by atoms with Gasteiger partial charge in [-0.05, 0) is 30.2 Å². The van der Waals surface area contributed by atoms with Crippen molar-refractivity contribution in [3.8, 4) is 6.07 Å². The number of fused-ring (bicyclic) bond motifs is 4. The van der Waals surface area contributed by atoms with Crippen LogP contribution in [-0.2, 0) is 19.3 Å². The number of pyridine rings is 1. The lowest BCUT2D eigenvalue weighted by atomic mass is 9.71. The molecule has 3 aromatic carbocycles. The van der Waals surface area contributed by atoms with Gasteiger partial charge in [0.2, 0.25) is 5.52 Å². The molecule has 3 fully saturated rings. The van der Waals surface area contributed by atoms with Gasteiger partial charge in [-0.15, -0.1) is 6.58 Å². The van der Waals surface area contributed by atoms with Crippen LogP contribution in [0.2, 0.25) is 0 Å². The Kier molecular flexibility index (Phi) is 7.38. The fourth-order valence-electron chi connectivity index (χ4n) is 7.40. The number of aliphatic hydroxyl groups is 1. The molecule has 0 spiro atoms. The van der Waals surface area contributed by atoms with Gasteiger partial charge in [0.05, 0.1) is 35.7 Å². The van der Waals surface area contributed by atoms with Crippen LogP contribution in [0.4, 0.5) is 13.2 Å². The molecular weight excluding hydrogens is 535 g/mol. The molecule has 0 aliphatic carbocycles. The molecule has 7 heteroatoms. The molecule has 0 saturated carbocycles. The second kappa shape index (κ2) is 11.0. The number of quaternary nitrogens is 1. The van der Waals surface area contributed by atoms with Gasteiger partial charge in [0, 0.05) is 47.6 Å². The third-order valence-electron chi connectivity index (χ3n) is 9.57. The van der Waals surface area contributed by atoms with Crippen molar-refractivity contribution in [2.45, 2.75) is 44.3 Å². The molecule has 1 N–H and O–H groups in total. The van der Waals surface area contributed by atoms with Gasteiger partial charge < -0.3 is 9.59 Å². The Hall–Kier alpha value is -3.99. The van der Waals surface area contributed by atoms with Crippen LogP contribution in [0.1, 0.15) is 46.8 Å². The number of benzene rings is 3. The number of aromatic nitrogens is 1. The third kappa shape index (κ3) is 5.10. The van der Waals surface area contributed by atoms with E-state index in [1.165, 1.54) is 12.1 Å². The molecule has 4 aromatic rings. The molecule has 0 unspecified atom stereocenters. The summed E-state index contributed by atoms with van der Waals surface area (Å²) in [5, 5.41) is 22.9. The second-order valence-corrected chi connectivity index (χ2v) is 11.9. The van der Waals surface area contributed by atoms with E-state index in [2.05, 4.69) is 18.7 Å². The smallest absolute Gasteiger partial charge is 0.382 e. The molecule has 5 atom stereocenters. The summed E-state index contributed by atoms with van der Waals surface area (Å²) < 4.78 is 41.9. The Morgan fingerprint density at radius 1 is 1.05 bits per heavy atom. The number of nitrogens with zero attached hydrogens (tertiary/aromatic N) is 3. The highest BCUT2D eigenvalue weighted by Gasteiger charge is 2.54. The molecule has 42 heavy (non-hydrogen) atoms. The topological polar surface area (TPSA) is 47.9 Å². The van der Waals surface area contributed by atoms with E-state index in [4.69, 9.17) is 0 Å². The van der Waals surface area contributed by atoms with Gasteiger partial charge in [-0.25, -0.2) is 0 Å². The lowest BCUT2D eigenvalue weighted by Crippen LogP contribution is -2.67. The highest BCUT2D eigenvalue weighted by Crippen LogP contribution is 2.48. The first-order valence-corrected chi connectivity index (χ1v) is 14.4. The Labute approximate surface area is 244 Å². The number of para-hydroxylation sites is 1. The van der Waals surface area contributed by atoms with Gasteiger partial charge in [0.25, 0.3) is 0 Å². The zero-order chi connectivity index (χ0) is 29.5. The van der Waals surface area contributed by atoms with Crippen molar-refractivity contribution in [2.75, 3.05) is 13.1 Å². The van der Waals surface area contributed by atoms with E-state index < -0.39 is 17.8 Å². The molecule has 3 aliphatic heterocycles. The van der Waals surface area contributed by atoms with Gasteiger partial charge in [-0.1, -0.05) is 48.5 Å². The summed E-state index contributed by atoms with van der Waals surface area (Å²) in [5.74, 6) is 0.836. The minimum Gasteiger partial charge on any atom is -0.382 e. The molecule has 214 valence electrons. The molecule has 7 rings (SSSR count). The molecule has 3 aliphatic rings. The lowest BCUT2D eigenvalue weighted by molar-refractivity contribution is -0.985. The van der Waals surface area contributed by atoms with Crippen LogP contribution in [0.15, 0.2) is 97.7 Å². The fraction of sp³-hybridized carbons (Fsp3) is 0.314. The summed E-state index contributed by atoms with van der Waals surface area (Å²) in [4.78, 5) is 0. The van der Waals surface area contributed by atoms with Crippen molar-refractivity contribution in [3.63, 3.8) is 0 Å². The Morgan fingerprint density at radius 2 is 1.79 bits per heavy atom. The highest BCUT2D eigenvalue weighted by atomic mass is 19.4. The summed E-state index contributed by atoms with van der Waals surface area (Å²) >= 11 is 0. The number of alkyl halides is 3. The van der Waals surface area contributed by atoms with E-state index in [1.807, 2.05) is 65.4 Å². The fourth-order valence-corrected chi connectivity index (χ4v) is 7.40. The van der Waals surface area contributed by atoms with Crippen molar-refractivity contribution >= 4 is 10.9 Å². The Balaban J connectivity index is 1.35. The number of piperidine rings is 3. The molecule has 3 saturated heterocycles. The van der Waals surface area contributed by atoms with E-state index in [9.17, 15) is 23.5 Å². The molecular formula is C35H34F3N3O+2.